The Bertz CT molecular complexity index is 551. The Kier molecular flexibility index (Phi) is 7.85. The van der Waals surface area contributed by atoms with Gasteiger partial charge in [0.15, 0.2) is 0 Å². The molecule has 0 aromatic heterocycles. The average Bonchev–Trinajstić information content (AvgIpc) is 2.46. The van der Waals surface area contributed by atoms with E-state index in [-0.39, 0.29) is 18.5 Å². The van der Waals surface area contributed by atoms with Gasteiger partial charge in [-0.15, -0.1) is 0 Å². The predicted octanol–water partition coefficient (Wildman–Crippen LogP) is 2.40. The van der Waals surface area contributed by atoms with E-state index in [0.717, 1.165) is 12.0 Å². The van der Waals surface area contributed by atoms with Crippen molar-refractivity contribution >= 4 is 23.5 Å². The number of hydrogen-bond donors (Lipinski definition) is 2. The predicted molar refractivity (Wildman–Crippen MR) is 90.8 cm³/mol. The Hall–Kier alpha value is -1.79. The van der Waals surface area contributed by atoms with Gasteiger partial charge in [-0.25, -0.2) is 4.79 Å². The van der Waals surface area contributed by atoms with Crippen molar-refractivity contribution in [1.29, 1.82) is 0 Å². The molecule has 7 heteroatoms. The standard InChI is InChI=1S/C16H24ClN3O3/c1-5-11(2)18-16(22)19-15(21)10-20(3)9-12-8-13(17)6-7-14(12)23-4/h6-8,11H,5,9-10H2,1-4H3,(H2,18,19,21,22)/t11-/m0/s1. The second-order valence-electron chi connectivity index (χ2n) is 5.46. The number of imide groups is 1. The van der Waals surface area contributed by atoms with E-state index in [1.165, 1.54) is 0 Å². The van der Waals surface area contributed by atoms with E-state index < -0.39 is 6.03 Å². The van der Waals surface area contributed by atoms with Crippen LogP contribution in [0.4, 0.5) is 4.79 Å². The van der Waals surface area contributed by atoms with Crippen molar-refractivity contribution in [2.24, 2.45) is 0 Å². The van der Waals surface area contributed by atoms with Gasteiger partial charge in [0.05, 0.1) is 13.7 Å². The minimum atomic E-state index is -0.474. The molecule has 0 aliphatic carbocycles. The van der Waals surface area contributed by atoms with Crippen LogP contribution in [-0.2, 0) is 11.3 Å². The lowest BCUT2D eigenvalue weighted by Gasteiger charge is -2.18. The molecule has 0 bridgehead atoms. The minimum Gasteiger partial charge on any atom is -0.496 e. The van der Waals surface area contributed by atoms with Gasteiger partial charge in [-0.1, -0.05) is 18.5 Å². The van der Waals surface area contributed by atoms with Crippen LogP contribution in [-0.4, -0.2) is 43.6 Å². The third-order valence-corrected chi connectivity index (χ3v) is 3.57. The normalized spacial score (nSPS) is 11.9. The molecule has 0 spiro atoms. The smallest absolute Gasteiger partial charge is 0.321 e. The Morgan fingerprint density at radius 1 is 1.39 bits per heavy atom. The summed E-state index contributed by atoms with van der Waals surface area (Å²) in [5, 5.41) is 5.60. The largest absolute Gasteiger partial charge is 0.496 e. The van der Waals surface area contributed by atoms with Gasteiger partial charge in [0.2, 0.25) is 5.91 Å². The first-order valence-electron chi connectivity index (χ1n) is 7.47. The Morgan fingerprint density at radius 3 is 2.70 bits per heavy atom. The average molecular weight is 342 g/mol. The summed E-state index contributed by atoms with van der Waals surface area (Å²) in [5.41, 5.74) is 0.874. The molecule has 1 rings (SSSR count). The molecule has 0 aliphatic rings. The molecule has 0 saturated carbocycles. The van der Waals surface area contributed by atoms with E-state index in [9.17, 15) is 9.59 Å². The van der Waals surface area contributed by atoms with Gasteiger partial charge in [0.25, 0.3) is 0 Å². The molecule has 2 N–H and O–H groups in total. The summed E-state index contributed by atoms with van der Waals surface area (Å²) in [6, 6.07) is 4.88. The van der Waals surface area contributed by atoms with E-state index in [2.05, 4.69) is 10.6 Å². The van der Waals surface area contributed by atoms with Crippen LogP contribution in [0.3, 0.4) is 0 Å². The molecule has 3 amide bonds. The van der Waals surface area contributed by atoms with Crippen molar-refractivity contribution < 1.29 is 14.3 Å². The van der Waals surface area contributed by atoms with Gasteiger partial charge in [-0.3, -0.25) is 15.0 Å². The SMILES string of the molecule is CC[C@H](C)NC(=O)NC(=O)CN(C)Cc1cc(Cl)ccc1OC. The van der Waals surface area contributed by atoms with Crippen LogP contribution in [0.1, 0.15) is 25.8 Å². The zero-order valence-corrected chi connectivity index (χ0v) is 14.7. The highest BCUT2D eigenvalue weighted by molar-refractivity contribution is 6.30. The van der Waals surface area contributed by atoms with Crippen LogP contribution in [0.2, 0.25) is 5.02 Å². The maximum absolute atomic E-state index is 11.9. The van der Waals surface area contributed by atoms with Crippen LogP contribution in [0.25, 0.3) is 0 Å². The van der Waals surface area contributed by atoms with Gasteiger partial charge in [0, 0.05) is 23.2 Å². The zero-order chi connectivity index (χ0) is 17.4. The molecule has 0 heterocycles. The first-order valence-corrected chi connectivity index (χ1v) is 7.84. The fourth-order valence-electron chi connectivity index (χ4n) is 1.99. The van der Waals surface area contributed by atoms with Crippen LogP contribution < -0.4 is 15.4 Å². The number of nitrogens with one attached hydrogen (secondary N) is 2. The van der Waals surface area contributed by atoms with E-state index in [1.54, 1.807) is 37.3 Å². The Balaban J connectivity index is 2.53. The molecule has 0 aliphatic heterocycles. The summed E-state index contributed by atoms with van der Waals surface area (Å²) in [4.78, 5) is 25.3. The lowest BCUT2D eigenvalue weighted by Crippen LogP contribution is -2.46. The van der Waals surface area contributed by atoms with Crippen molar-refractivity contribution in [3.63, 3.8) is 0 Å². The molecule has 1 atom stereocenters. The molecule has 0 unspecified atom stereocenters. The molecule has 128 valence electrons. The van der Waals surface area contributed by atoms with E-state index >= 15 is 0 Å². The monoisotopic (exact) mass is 341 g/mol. The first kappa shape index (κ1) is 19.3. The van der Waals surface area contributed by atoms with Gasteiger partial charge in [-0.05, 0) is 38.6 Å². The fraction of sp³-hybridized carbons (Fsp3) is 0.500. The molecular weight excluding hydrogens is 318 g/mol. The summed E-state index contributed by atoms with van der Waals surface area (Å²) < 4.78 is 5.28. The third-order valence-electron chi connectivity index (χ3n) is 3.34. The lowest BCUT2D eigenvalue weighted by atomic mass is 10.2. The molecule has 0 radical (unpaired) electrons. The van der Waals surface area contributed by atoms with Crippen LogP contribution >= 0.6 is 11.6 Å². The molecule has 0 saturated heterocycles. The van der Waals surface area contributed by atoms with Gasteiger partial charge in [-0.2, -0.15) is 0 Å². The molecular formula is C16H24ClN3O3. The lowest BCUT2D eigenvalue weighted by molar-refractivity contribution is -0.121. The Morgan fingerprint density at radius 2 is 2.09 bits per heavy atom. The highest BCUT2D eigenvalue weighted by Crippen LogP contribution is 2.23. The maximum atomic E-state index is 11.9. The number of nitrogens with zero attached hydrogens (tertiary/aromatic N) is 1. The summed E-state index contributed by atoms with van der Waals surface area (Å²) in [7, 11) is 3.37. The number of carbonyl (C=O) groups excluding carboxylic acids is 2. The summed E-state index contributed by atoms with van der Waals surface area (Å²) in [6.45, 7) is 4.40. The number of rotatable bonds is 7. The van der Waals surface area contributed by atoms with Gasteiger partial charge < -0.3 is 10.1 Å². The highest BCUT2D eigenvalue weighted by atomic mass is 35.5. The molecule has 0 fully saturated rings. The number of benzene rings is 1. The number of methoxy groups -OCH3 is 1. The Labute approximate surface area is 142 Å². The van der Waals surface area contributed by atoms with Crippen molar-refractivity contribution in [2.75, 3.05) is 20.7 Å². The second kappa shape index (κ2) is 9.37. The topological polar surface area (TPSA) is 70.7 Å². The van der Waals surface area contributed by atoms with Crippen molar-refractivity contribution in [2.45, 2.75) is 32.9 Å². The quantitative estimate of drug-likeness (QED) is 0.799. The fourth-order valence-corrected chi connectivity index (χ4v) is 2.19. The van der Waals surface area contributed by atoms with E-state index in [0.29, 0.717) is 17.3 Å². The van der Waals surface area contributed by atoms with E-state index in [4.69, 9.17) is 16.3 Å². The summed E-state index contributed by atoms with van der Waals surface area (Å²) in [5.74, 6) is 0.338. The maximum Gasteiger partial charge on any atom is 0.321 e. The number of urea groups is 1. The van der Waals surface area contributed by atoms with E-state index in [1.807, 2.05) is 13.8 Å². The zero-order valence-electron chi connectivity index (χ0n) is 14.0. The van der Waals surface area contributed by atoms with Crippen LogP contribution in [0.5, 0.6) is 5.75 Å². The highest BCUT2D eigenvalue weighted by Gasteiger charge is 2.13. The second-order valence-corrected chi connectivity index (χ2v) is 5.90. The minimum absolute atomic E-state index is 0.0243. The van der Waals surface area contributed by atoms with Crippen molar-refractivity contribution in [3.05, 3.63) is 28.8 Å². The van der Waals surface area contributed by atoms with Crippen LogP contribution in [0.15, 0.2) is 18.2 Å². The number of hydrogen-bond acceptors (Lipinski definition) is 4. The van der Waals surface area contributed by atoms with Gasteiger partial charge >= 0.3 is 6.03 Å². The van der Waals surface area contributed by atoms with Crippen molar-refractivity contribution in [3.8, 4) is 5.75 Å². The first-order chi connectivity index (χ1) is 10.8. The molecule has 23 heavy (non-hydrogen) atoms. The molecule has 6 nitrogen and oxygen atoms in total. The molecule has 1 aromatic rings. The summed E-state index contributed by atoms with van der Waals surface area (Å²) in [6.07, 6.45) is 0.802. The molecule has 1 aromatic carbocycles. The van der Waals surface area contributed by atoms with Crippen LogP contribution in [0, 0.1) is 0 Å². The van der Waals surface area contributed by atoms with Crippen molar-refractivity contribution in [1.82, 2.24) is 15.5 Å². The number of likely N-dealkylation sites (N-methyl/N-ethyl adjacent to an activating group) is 1. The number of halogens is 1. The van der Waals surface area contributed by atoms with Gasteiger partial charge in [0.1, 0.15) is 5.75 Å². The number of ether oxygens (including phenoxy) is 1. The third kappa shape index (κ3) is 6.88. The number of carbonyl (C=O) groups is 2. The number of amides is 3. The summed E-state index contributed by atoms with van der Waals surface area (Å²) >= 11 is 5.99.